The van der Waals surface area contributed by atoms with Crippen LogP contribution >= 0.6 is 0 Å². The van der Waals surface area contributed by atoms with Gasteiger partial charge >= 0.3 is 6.09 Å². The summed E-state index contributed by atoms with van der Waals surface area (Å²) in [6, 6.07) is 15.1. The number of para-hydroxylation sites is 1. The first-order chi connectivity index (χ1) is 20.2. The molecular weight excluding hydrogens is 546 g/mol. The van der Waals surface area contributed by atoms with Crippen LogP contribution in [0.4, 0.5) is 10.5 Å². The maximum atomic E-state index is 14.2. The molecule has 9 heteroatoms. The van der Waals surface area contributed by atoms with Crippen LogP contribution in [0.3, 0.4) is 0 Å². The highest BCUT2D eigenvalue weighted by atomic mass is 16.6. The zero-order valence-corrected chi connectivity index (χ0v) is 26.2. The Bertz CT molecular complexity index is 1430. The van der Waals surface area contributed by atoms with Gasteiger partial charge in [-0.25, -0.2) is 4.79 Å². The summed E-state index contributed by atoms with van der Waals surface area (Å²) >= 11 is 0. The van der Waals surface area contributed by atoms with Crippen molar-refractivity contribution in [3.8, 4) is 5.75 Å². The molecule has 0 fully saturated rings. The summed E-state index contributed by atoms with van der Waals surface area (Å²) in [5.74, 6) is -1.01. The Morgan fingerprint density at radius 1 is 0.930 bits per heavy atom. The van der Waals surface area contributed by atoms with Gasteiger partial charge in [-0.1, -0.05) is 62.4 Å². The van der Waals surface area contributed by atoms with Gasteiger partial charge in [0.25, 0.3) is 5.91 Å². The number of phenolic OH excluding ortho intramolecular Hbond substituents is 1. The first-order valence-electron chi connectivity index (χ1n) is 14.7. The molecule has 3 rings (SSSR count). The summed E-state index contributed by atoms with van der Waals surface area (Å²) in [5.41, 5.74) is 0.465. The predicted molar refractivity (Wildman–Crippen MR) is 169 cm³/mol. The van der Waals surface area contributed by atoms with E-state index in [0.29, 0.717) is 23.6 Å². The fourth-order valence-corrected chi connectivity index (χ4v) is 4.93. The molecule has 0 heterocycles. The number of aromatic hydroxyl groups is 1. The largest absolute Gasteiger partial charge is 0.507 e. The van der Waals surface area contributed by atoms with E-state index in [-0.39, 0.29) is 11.3 Å². The molecule has 0 saturated heterocycles. The molecule has 0 saturated carbocycles. The predicted octanol–water partition coefficient (Wildman–Crippen LogP) is 6.07. The van der Waals surface area contributed by atoms with Crippen molar-refractivity contribution in [1.82, 2.24) is 10.2 Å². The number of carbonyl (C=O) groups excluding carboxylic acids is 3. The van der Waals surface area contributed by atoms with Gasteiger partial charge in [0, 0.05) is 17.3 Å². The number of benzene rings is 3. The van der Waals surface area contributed by atoms with Crippen LogP contribution in [0.15, 0.2) is 60.7 Å². The number of anilines is 1. The molecule has 0 radical (unpaired) electrons. The first-order valence-corrected chi connectivity index (χ1v) is 14.7. The highest BCUT2D eigenvalue weighted by molar-refractivity contribution is 6.01. The van der Waals surface area contributed by atoms with Crippen molar-refractivity contribution in [3.63, 3.8) is 0 Å². The van der Waals surface area contributed by atoms with E-state index in [0.717, 1.165) is 17.2 Å². The zero-order chi connectivity index (χ0) is 31.9. The number of aliphatic hydroxyl groups is 1. The number of rotatable bonds is 11. The standard InChI is InChI=1S/C34H45N3O6/c1-21(2)15-16-23(4)37(32(41)28(20-38)36-33(42)43-34(5,6)7)29(27-14-10-11-22(3)30(27)39)31(40)35-26-18-17-24-12-8-9-13-25(24)19-26/h8-14,17-19,21,23,28-29,38-39H,15-16,20H2,1-7H3,(H,35,40)(H,36,42). The lowest BCUT2D eigenvalue weighted by molar-refractivity contribution is -0.144. The third kappa shape index (κ3) is 8.94. The normalized spacial score (nSPS) is 13.7. The molecule has 0 bridgehead atoms. The molecule has 4 N–H and O–H groups in total. The monoisotopic (exact) mass is 591 g/mol. The summed E-state index contributed by atoms with van der Waals surface area (Å²) in [6.45, 7) is 12.0. The van der Waals surface area contributed by atoms with Crippen molar-refractivity contribution < 1.29 is 29.3 Å². The zero-order valence-electron chi connectivity index (χ0n) is 26.2. The van der Waals surface area contributed by atoms with E-state index in [2.05, 4.69) is 24.5 Å². The second-order valence-corrected chi connectivity index (χ2v) is 12.4. The van der Waals surface area contributed by atoms with Crippen LogP contribution in [0.2, 0.25) is 0 Å². The van der Waals surface area contributed by atoms with Crippen molar-refractivity contribution in [2.75, 3.05) is 11.9 Å². The topological polar surface area (TPSA) is 128 Å². The molecule has 3 amide bonds. The number of nitrogens with zero attached hydrogens (tertiary/aromatic N) is 1. The highest BCUT2D eigenvalue weighted by Crippen LogP contribution is 2.35. The molecule has 3 unspecified atom stereocenters. The first kappa shape index (κ1) is 33.4. The average molecular weight is 592 g/mol. The molecule has 0 aromatic heterocycles. The maximum absolute atomic E-state index is 14.2. The van der Waals surface area contributed by atoms with Crippen molar-refractivity contribution in [3.05, 3.63) is 71.8 Å². The average Bonchev–Trinajstić information content (AvgIpc) is 2.93. The number of carbonyl (C=O) groups is 3. The Morgan fingerprint density at radius 3 is 2.23 bits per heavy atom. The molecule has 9 nitrogen and oxygen atoms in total. The van der Waals surface area contributed by atoms with Crippen molar-refractivity contribution in [2.24, 2.45) is 5.92 Å². The Balaban J connectivity index is 2.10. The van der Waals surface area contributed by atoms with E-state index in [1.54, 1.807) is 52.0 Å². The molecule has 3 aromatic carbocycles. The van der Waals surface area contributed by atoms with Gasteiger partial charge in [0.2, 0.25) is 5.91 Å². The number of fused-ring (bicyclic) bond motifs is 1. The lowest BCUT2D eigenvalue weighted by Crippen LogP contribution is -2.56. The van der Waals surface area contributed by atoms with Gasteiger partial charge in [-0.2, -0.15) is 0 Å². The molecular formula is C34H45N3O6. The Morgan fingerprint density at radius 2 is 1.60 bits per heavy atom. The molecule has 0 spiro atoms. The van der Waals surface area contributed by atoms with Gasteiger partial charge in [-0.3, -0.25) is 9.59 Å². The van der Waals surface area contributed by atoms with Gasteiger partial charge in [-0.05, 0) is 81.8 Å². The van der Waals surface area contributed by atoms with Gasteiger partial charge in [0.1, 0.15) is 23.4 Å². The number of aliphatic hydroxyl groups excluding tert-OH is 1. The van der Waals surface area contributed by atoms with Crippen LogP contribution in [-0.2, 0) is 14.3 Å². The molecule has 3 atom stereocenters. The lowest BCUT2D eigenvalue weighted by atomic mass is 9.95. The minimum absolute atomic E-state index is 0.115. The smallest absolute Gasteiger partial charge is 0.408 e. The number of nitrogens with one attached hydrogen (secondary N) is 2. The summed E-state index contributed by atoms with van der Waals surface area (Å²) in [5, 5.41) is 28.8. The van der Waals surface area contributed by atoms with Crippen LogP contribution in [0.25, 0.3) is 10.8 Å². The van der Waals surface area contributed by atoms with Crippen molar-refractivity contribution >= 4 is 34.4 Å². The molecule has 0 aliphatic rings. The summed E-state index contributed by atoms with van der Waals surface area (Å²) in [4.78, 5) is 42.5. The van der Waals surface area contributed by atoms with Gasteiger partial charge in [-0.15, -0.1) is 0 Å². The Kier molecular flexibility index (Phi) is 11.2. The van der Waals surface area contributed by atoms with E-state index in [9.17, 15) is 24.6 Å². The number of ether oxygens (including phenoxy) is 1. The van der Waals surface area contributed by atoms with E-state index >= 15 is 0 Å². The summed E-state index contributed by atoms with van der Waals surface area (Å²) in [7, 11) is 0. The Labute approximate surface area is 254 Å². The second-order valence-electron chi connectivity index (χ2n) is 12.4. The van der Waals surface area contributed by atoms with Crippen molar-refractivity contribution in [1.29, 1.82) is 0 Å². The van der Waals surface area contributed by atoms with Crippen molar-refractivity contribution in [2.45, 2.75) is 85.0 Å². The third-order valence-electron chi connectivity index (χ3n) is 7.17. The van der Waals surface area contributed by atoms with Crippen LogP contribution in [0, 0.1) is 12.8 Å². The van der Waals surface area contributed by atoms with Gasteiger partial charge < -0.3 is 30.5 Å². The fraction of sp³-hybridized carbons (Fsp3) is 0.441. The Hall–Kier alpha value is -4.11. The second kappa shape index (κ2) is 14.4. The number of phenols is 1. The third-order valence-corrected chi connectivity index (χ3v) is 7.17. The molecule has 3 aromatic rings. The van der Waals surface area contributed by atoms with Crippen LogP contribution in [-0.4, -0.2) is 57.3 Å². The van der Waals surface area contributed by atoms with E-state index < -0.39 is 48.2 Å². The fourth-order valence-electron chi connectivity index (χ4n) is 4.93. The lowest BCUT2D eigenvalue weighted by Gasteiger charge is -2.38. The minimum atomic E-state index is -1.39. The van der Waals surface area contributed by atoms with E-state index in [1.165, 1.54) is 4.90 Å². The van der Waals surface area contributed by atoms with Crippen LogP contribution in [0.5, 0.6) is 5.75 Å². The van der Waals surface area contributed by atoms with Crippen LogP contribution < -0.4 is 10.6 Å². The highest BCUT2D eigenvalue weighted by Gasteiger charge is 2.40. The molecule has 0 aliphatic heterocycles. The summed E-state index contributed by atoms with van der Waals surface area (Å²) in [6.07, 6.45) is 0.429. The minimum Gasteiger partial charge on any atom is -0.507 e. The number of hydrogen-bond acceptors (Lipinski definition) is 6. The number of alkyl carbamates (subject to hydrolysis) is 1. The SMILES string of the molecule is Cc1cccc(C(C(=O)Nc2ccc3ccccc3c2)N(C(=O)C(CO)NC(=O)OC(C)(C)C)C(C)CCC(C)C)c1O. The number of amides is 3. The van der Waals surface area contributed by atoms with Crippen LogP contribution in [0.1, 0.15) is 71.6 Å². The number of aryl methyl sites for hydroxylation is 1. The van der Waals surface area contributed by atoms with Gasteiger partial charge in [0.05, 0.1) is 6.61 Å². The quantitative estimate of drug-likeness (QED) is 0.214. The molecule has 43 heavy (non-hydrogen) atoms. The molecule has 0 aliphatic carbocycles. The maximum Gasteiger partial charge on any atom is 0.408 e. The molecule has 232 valence electrons. The number of hydrogen-bond donors (Lipinski definition) is 4. The van der Waals surface area contributed by atoms with E-state index in [1.807, 2.05) is 43.3 Å². The summed E-state index contributed by atoms with van der Waals surface area (Å²) < 4.78 is 5.33. The van der Waals surface area contributed by atoms with E-state index in [4.69, 9.17) is 4.74 Å². The van der Waals surface area contributed by atoms with Gasteiger partial charge in [0.15, 0.2) is 0 Å².